The van der Waals surface area contributed by atoms with Gasteiger partial charge in [-0.15, -0.1) is 0 Å². The summed E-state index contributed by atoms with van der Waals surface area (Å²) >= 11 is 0. The van der Waals surface area contributed by atoms with Crippen molar-refractivity contribution in [2.45, 2.75) is 51.4 Å². The summed E-state index contributed by atoms with van der Waals surface area (Å²) in [5.74, 6) is 1.31. The number of hydrogen-bond donors (Lipinski definition) is 0. The monoisotopic (exact) mass is 376 g/mol. The molecule has 1 fully saturated rings. The first-order valence-electron chi connectivity index (χ1n) is 9.37. The number of carbonyl (C=O) groups excluding carboxylic acids is 2. The lowest BCUT2D eigenvalue weighted by molar-refractivity contribution is -0.136. The van der Waals surface area contributed by atoms with Gasteiger partial charge in [0, 0.05) is 13.6 Å². The fourth-order valence-corrected chi connectivity index (χ4v) is 3.37. The van der Waals surface area contributed by atoms with Crippen LogP contribution in [-0.2, 0) is 9.53 Å². The highest BCUT2D eigenvalue weighted by atomic mass is 16.6. The van der Waals surface area contributed by atoms with Crippen LogP contribution in [0.3, 0.4) is 0 Å². The molecule has 2 atom stereocenters. The normalized spacial score (nSPS) is 21.7. The van der Waals surface area contributed by atoms with E-state index in [9.17, 15) is 9.59 Å². The van der Waals surface area contributed by atoms with Crippen LogP contribution >= 0.6 is 0 Å². The molecule has 1 aromatic rings. The summed E-state index contributed by atoms with van der Waals surface area (Å²) in [5, 5.41) is 0. The standard InChI is InChI=1S/C20H28N2O5/c1-20(2,3)27-19(24)22-11-7-8-15(22)18(23)21(4)12-14-13-25-16-9-5-6-10-17(16)26-14/h5-6,9-10,14-15H,7-8,11-13H2,1-4H3. The zero-order chi connectivity index (χ0) is 19.6. The van der Waals surface area contributed by atoms with Crippen LogP contribution in [0.4, 0.5) is 4.79 Å². The molecule has 0 spiro atoms. The molecule has 1 aromatic carbocycles. The maximum Gasteiger partial charge on any atom is 0.410 e. The second-order valence-electron chi connectivity index (χ2n) is 8.05. The highest BCUT2D eigenvalue weighted by Gasteiger charge is 2.38. The number of benzene rings is 1. The first-order chi connectivity index (χ1) is 12.7. The van der Waals surface area contributed by atoms with Gasteiger partial charge in [-0.2, -0.15) is 0 Å². The number of nitrogens with zero attached hydrogens (tertiary/aromatic N) is 2. The lowest BCUT2D eigenvalue weighted by atomic mass is 10.2. The fourth-order valence-electron chi connectivity index (χ4n) is 3.37. The molecule has 2 aliphatic rings. The Hall–Kier alpha value is -2.44. The van der Waals surface area contributed by atoms with Crippen LogP contribution in [-0.4, -0.2) is 66.3 Å². The predicted octanol–water partition coefficient (Wildman–Crippen LogP) is 2.68. The van der Waals surface area contributed by atoms with E-state index in [2.05, 4.69) is 0 Å². The zero-order valence-electron chi connectivity index (χ0n) is 16.4. The Bertz CT molecular complexity index is 700. The first-order valence-corrected chi connectivity index (χ1v) is 9.37. The quantitative estimate of drug-likeness (QED) is 0.811. The van der Waals surface area contributed by atoms with Gasteiger partial charge in [0.1, 0.15) is 18.2 Å². The molecule has 0 aliphatic carbocycles. The molecule has 0 N–H and O–H groups in total. The minimum atomic E-state index is -0.583. The van der Waals surface area contributed by atoms with Crippen molar-refractivity contribution in [3.05, 3.63) is 24.3 Å². The third-order valence-electron chi connectivity index (χ3n) is 4.59. The number of fused-ring (bicyclic) bond motifs is 1. The van der Waals surface area contributed by atoms with Gasteiger partial charge in [0.15, 0.2) is 17.6 Å². The van der Waals surface area contributed by atoms with E-state index in [4.69, 9.17) is 14.2 Å². The maximum absolute atomic E-state index is 12.9. The van der Waals surface area contributed by atoms with E-state index in [1.54, 1.807) is 11.9 Å². The number of ether oxygens (including phenoxy) is 3. The Labute approximate surface area is 160 Å². The van der Waals surface area contributed by atoms with E-state index in [-0.39, 0.29) is 12.0 Å². The van der Waals surface area contributed by atoms with Gasteiger partial charge in [-0.25, -0.2) is 4.79 Å². The molecule has 148 valence electrons. The van der Waals surface area contributed by atoms with Crippen molar-refractivity contribution in [1.29, 1.82) is 0 Å². The van der Waals surface area contributed by atoms with Crippen molar-refractivity contribution in [3.63, 3.8) is 0 Å². The van der Waals surface area contributed by atoms with Crippen LogP contribution < -0.4 is 9.47 Å². The van der Waals surface area contributed by atoms with Crippen LogP contribution in [0.15, 0.2) is 24.3 Å². The van der Waals surface area contributed by atoms with Crippen molar-refractivity contribution < 1.29 is 23.8 Å². The highest BCUT2D eigenvalue weighted by molar-refractivity contribution is 5.86. The van der Waals surface area contributed by atoms with Gasteiger partial charge in [0.25, 0.3) is 0 Å². The first kappa shape index (κ1) is 19.3. The largest absolute Gasteiger partial charge is 0.486 e. The van der Waals surface area contributed by atoms with E-state index >= 15 is 0 Å². The molecule has 7 nitrogen and oxygen atoms in total. The topological polar surface area (TPSA) is 68.3 Å². The third kappa shape index (κ3) is 4.64. The highest BCUT2D eigenvalue weighted by Crippen LogP contribution is 2.31. The molecular formula is C20H28N2O5. The van der Waals surface area contributed by atoms with Gasteiger partial charge < -0.3 is 19.1 Å². The van der Waals surface area contributed by atoms with Gasteiger partial charge in [-0.3, -0.25) is 9.69 Å². The molecule has 0 radical (unpaired) electrons. The molecule has 3 rings (SSSR count). The number of para-hydroxylation sites is 2. The molecule has 2 unspecified atom stereocenters. The minimum Gasteiger partial charge on any atom is -0.486 e. The van der Waals surface area contributed by atoms with E-state index in [1.807, 2.05) is 45.0 Å². The Morgan fingerprint density at radius 3 is 2.67 bits per heavy atom. The summed E-state index contributed by atoms with van der Waals surface area (Å²) in [6.07, 6.45) is 0.760. The Morgan fingerprint density at radius 1 is 1.26 bits per heavy atom. The van der Waals surface area contributed by atoms with Crippen molar-refractivity contribution >= 4 is 12.0 Å². The molecule has 1 saturated heterocycles. The van der Waals surface area contributed by atoms with Crippen molar-refractivity contribution in [2.75, 3.05) is 26.7 Å². The zero-order valence-corrected chi connectivity index (χ0v) is 16.4. The molecule has 2 amide bonds. The van der Waals surface area contributed by atoms with Gasteiger partial charge in [0.05, 0.1) is 6.54 Å². The lowest BCUT2D eigenvalue weighted by Crippen LogP contribution is -2.50. The second-order valence-corrected chi connectivity index (χ2v) is 8.05. The second kappa shape index (κ2) is 7.66. The summed E-state index contributed by atoms with van der Waals surface area (Å²) in [4.78, 5) is 28.5. The summed E-state index contributed by atoms with van der Waals surface area (Å²) in [5.41, 5.74) is -0.583. The number of rotatable bonds is 3. The molecule has 0 saturated carbocycles. The molecule has 2 heterocycles. The Kier molecular flexibility index (Phi) is 5.48. The van der Waals surface area contributed by atoms with Gasteiger partial charge in [-0.1, -0.05) is 12.1 Å². The van der Waals surface area contributed by atoms with Gasteiger partial charge in [-0.05, 0) is 45.7 Å². The van der Waals surface area contributed by atoms with Crippen LogP contribution in [0.1, 0.15) is 33.6 Å². The van der Waals surface area contributed by atoms with E-state index in [0.717, 1.165) is 12.2 Å². The average Bonchev–Trinajstić information content (AvgIpc) is 3.09. The summed E-state index contributed by atoms with van der Waals surface area (Å²) in [6.45, 7) is 6.78. The molecule has 0 bridgehead atoms. The minimum absolute atomic E-state index is 0.0965. The summed E-state index contributed by atoms with van der Waals surface area (Å²) in [7, 11) is 1.73. The summed E-state index contributed by atoms with van der Waals surface area (Å²) < 4.78 is 17.1. The van der Waals surface area contributed by atoms with Crippen LogP contribution in [0.2, 0.25) is 0 Å². The van der Waals surface area contributed by atoms with Crippen molar-refractivity contribution in [3.8, 4) is 11.5 Å². The number of hydrogen-bond acceptors (Lipinski definition) is 5. The van der Waals surface area contributed by atoms with Gasteiger partial charge >= 0.3 is 6.09 Å². The molecular weight excluding hydrogens is 348 g/mol. The van der Waals surface area contributed by atoms with E-state index in [1.165, 1.54) is 4.90 Å². The Balaban J connectivity index is 1.59. The SMILES string of the molecule is CN(CC1COc2ccccc2O1)C(=O)C1CCCN1C(=O)OC(C)(C)C. The van der Waals surface area contributed by atoms with Crippen LogP contribution in [0.5, 0.6) is 11.5 Å². The predicted molar refractivity (Wildman–Crippen MR) is 100.0 cm³/mol. The summed E-state index contributed by atoms with van der Waals surface area (Å²) in [6, 6.07) is 7.00. The van der Waals surface area contributed by atoms with Gasteiger partial charge in [0.2, 0.25) is 5.91 Å². The maximum atomic E-state index is 12.9. The van der Waals surface area contributed by atoms with E-state index in [0.29, 0.717) is 31.9 Å². The molecule has 0 aromatic heterocycles. The molecule has 7 heteroatoms. The lowest BCUT2D eigenvalue weighted by Gasteiger charge is -2.33. The molecule has 2 aliphatic heterocycles. The number of likely N-dealkylation sites (N-methyl/N-ethyl adjacent to an activating group) is 1. The smallest absolute Gasteiger partial charge is 0.410 e. The van der Waals surface area contributed by atoms with Crippen LogP contribution in [0.25, 0.3) is 0 Å². The van der Waals surface area contributed by atoms with Crippen LogP contribution in [0, 0.1) is 0 Å². The fraction of sp³-hybridized carbons (Fsp3) is 0.600. The number of amides is 2. The average molecular weight is 376 g/mol. The molecule has 27 heavy (non-hydrogen) atoms. The van der Waals surface area contributed by atoms with Crippen molar-refractivity contribution in [1.82, 2.24) is 9.80 Å². The number of likely N-dealkylation sites (tertiary alicyclic amines) is 1. The van der Waals surface area contributed by atoms with Crippen molar-refractivity contribution in [2.24, 2.45) is 0 Å². The van der Waals surface area contributed by atoms with E-state index < -0.39 is 17.7 Å². The third-order valence-corrected chi connectivity index (χ3v) is 4.59. The number of carbonyl (C=O) groups is 2. The Morgan fingerprint density at radius 2 is 1.96 bits per heavy atom.